The molecule has 1 saturated heterocycles. The van der Waals surface area contributed by atoms with Crippen LogP contribution in [0.1, 0.15) is 42.1 Å². The van der Waals surface area contributed by atoms with E-state index < -0.39 is 0 Å². The van der Waals surface area contributed by atoms with Gasteiger partial charge >= 0.3 is 0 Å². The third-order valence-electron chi connectivity index (χ3n) is 5.69. The van der Waals surface area contributed by atoms with Crippen molar-refractivity contribution in [2.45, 2.75) is 33.1 Å². The average Bonchev–Trinajstić information content (AvgIpc) is 3.24. The molecule has 0 N–H and O–H groups in total. The van der Waals surface area contributed by atoms with Gasteiger partial charge in [0.2, 0.25) is 0 Å². The highest BCUT2D eigenvalue weighted by Gasteiger charge is 2.24. The number of ether oxygens (including phenoxy) is 1. The molecule has 31 heavy (non-hydrogen) atoms. The lowest BCUT2D eigenvalue weighted by molar-refractivity contribution is 0.0746. The number of hydrogen-bond donors (Lipinski definition) is 0. The van der Waals surface area contributed by atoms with Crippen LogP contribution >= 0.6 is 22.9 Å². The lowest BCUT2D eigenvalue weighted by Gasteiger charge is -2.34. The fraction of sp³-hybridized carbons (Fsp3) is 0.417. The van der Waals surface area contributed by atoms with Gasteiger partial charge in [0.15, 0.2) is 5.13 Å². The van der Waals surface area contributed by atoms with Gasteiger partial charge in [0.1, 0.15) is 5.75 Å². The maximum atomic E-state index is 12.9. The molecule has 1 fully saturated rings. The molecule has 1 amide bonds. The smallest absolute Gasteiger partial charge is 0.253 e. The zero-order valence-electron chi connectivity index (χ0n) is 18.1. The summed E-state index contributed by atoms with van der Waals surface area (Å²) < 4.78 is 6.89. The van der Waals surface area contributed by atoms with Crippen molar-refractivity contribution in [3.05, 3.63) is 52.5 Å². The van der Waals surface area contributed by atoms with Crippen molar-refractivity contribution in [1.82, 2.24) is 9.88 Å². The normalized spacial score (nSPS) is 14.3. The molecule has 0 bridgehead atoms. The van der Waals surface area contributed by atoms with Gasteiger partial charge in [0.25, 0.3) is 5.91 Å². The molecule has 3 aromatic rings. The lowest BCUT2D eigenvalue weighted by Crippen LogP contribution is -2.48. The Bertz CT molecular complexity index is 1040. The minimum Gasteiger partial charge on any atom is -0.494 e. The zero-order valence-corrected chi connectivity index (χ0v) is 19.6. The number of benzene rings is 2. The molecule has 2 aromatic carbocycles. The molecule has 0 aliphatic carbocycles. The van der Waals surface area contributed by atoms with E-state index in [1.54, 1.807) is 11.3 Å². The van der Waals surface area contributed by atoms with Crippen molar-refractivity contribution < 1.29 is 9.53 Å². The summed E-state index contributed by atoms with van der Waals surface area (Å²) in [5.41, 5.74) is 2.70. The van der Waals surface area contributed by atoms with Crippen molar-refractivity contribution >= 4 is 44.2 Å². The molecule has 1 aliphatic heterocycles. The number of nitrogens with zero attached hydrogens (tertiary/aromatic N) is 3. The van der Waals surface area contributed by atoms with Crippen LogP contribution in [-0.2, 0) is 0 Å². The minimum absolute atomic E-state index is 0.0732. The first-order valence-electron chi connectivity index (χ1n) is 10.9. The molecule has 4 rings (SSSR count). The lowest BCUT2D eigenvalue weighted by atomic mass is 10.1. The van der Waals surface area contributed by atoms with Crippen molar-refractivity contribution in [3.63, 3.8) is 0 Å². The van der Waals surface area contributed by atoms with Crippen molar-refractivity contribution in [3.8, 4) is 5.75 Å². The quantitative estimate of drug-likeness (QED) is 0.421. The number of aromatic nitrogens is 1. The highest BCUT2D eigenvalue weighted by Crippen LogP contribution is 2.33. The number of fused-ring (bicyclic) bond motifs is 1. The van der Waals surface area contributed by atoms with Gasteiger partial charge in [-0.1, -0.05) is 42.7 Å². The van der Waals surface area contributed by atoms with Gasteiger partial charge in [-0.05, 0) is 55.3 Å². The molecule has 1 aromatic heterocycles. The average molecular weight is 458 g/mol. The Morgan fingerprint density at radius 1 is 1.10 bits per heavy atom. The third-order valence-corrected chi connectivity index (χ3v) is 7.18. The first-order chi connectivity index (χ1) is 15.1. The number of amides is 1. The summed E-state index contributed by atoms with van der Waals surface area (Å²) >= 11 is 7.92. The number of anilines is 1. The maximum absolute atomic E-state index is 12.9. The Hall–Kier alpha value is -2.31. The molecule has 164 valence electrons. The van der Waals surface area contributed by atoms with E-state index in [1.165, 1.54) is 12.8 Å². The number of unbranched alkanes of at least 4 members (excludes halogenated alkanes) is 2. The second-order valence-electron chi connectivity index (χ2n) is 7.87. The van der Waals surface area contributed by atoms with E-state index in [2.05, 4.69) is 11.8 Å². The van der Waals surface area contributed by atoms with Crippen molar-refractivity contribution in [2.75, 3.05) is 37.7 Å². The molecule has 1 aliphatic rings. The number of carbonyl (C=O) groups excluding carboxylic acids is 1. The number of halogens is 1. The van der Waals surface area contributed by atoms with E-state index in [9.17, 15) is 4.79 Å². The predicted molar refractivity (Wildman–Crippen MR) is 129 cm³/mol. The van der Waals surface area contributed by atoms with E-state index >= 15 is 0 Å². The maximum Gasteiger partial charge on any atom is 0.253 e. The summed E-state index contributed by atoms with van der Waals surface area (Å²) in [6.07, 6.45) is 3.41. The van der Waals surface area contributed by atoms with Gasteiger partial charge < -0.3 is 14.5 Å². The van der Waals surface area contributed by atoms with Gasteiger partial charge in [0, 0.05) is 36.8 Å². The van der Waals surface area contributed by atoms with Gasteiger partial charge in [-0.25, -0.2) is 4.98 Å². The van der Waals surface area contributed by atoms with Gasteiger partial charge in [-0.2, -0.15) is 0 Å². The van der Waals surface area contributed by atoms with Crippen LogP contribution in [0.4, 0.5) is 5.13 Å². The molecule has 0 saturated carbocycles. The number of hydrogen-bond acceptors (Lipinski definition) is 5. The van der Waals surface area contributed by atoms with E-state index in [0.29, 0.717) is 18.7 Å². The monoisotopic (exact) mass is 457 g/mol. The number of thiazole rings is 1. The van der Waals surface area contributed by atoms with E-state index in [1.807, 2.05) is 48.2 Å². The Balaban J connectivity index is 1.34. The summed E-state index contributed by atoms with van der Waals surface area (Å²) in [4.78, 5) is 21.9. The highest BCUT2D eigenvalue weighted by atomic mass is 35.5. The number of carbonyl (C=O) groups is 1. The van der Waals surface area contributed by atoms with Crippen molar-refractivity contribution in [2.24, 2.45) is 0 Å². The van der Waals surface area contributed by atoms with Gasteiger partial charge in [-0.15, -0.1) is 0 Å². The number of piperazine rings is 1. The number of rotatable bonds is 7. The van der Waals surface area contributed by atoms with Crippen LogP contribution < -0.4 is 9.64 Å². The second kappa shape index (κ2) is 9.88. The van der Waals surface area contributed by atoms with Crippen LogP contribution in [0.15, 0.2) is 36.4 Å². The second-order valence-corrected chi connectivity index (χ2v) is 9.29. The molecule has 5 nitrogen and oxygen atoms in total. The molecule has 0 radical (unpaired) electrons. The summed E-state index contributed by atoms with van der Waals surface area (Å²) in [5, 5.41) is 1.74. The van der Waals surface area contributed by atoms with Gasteiger partial charge in [-0.3, -0.25) is 4.79 Å². The van der Waals surface area contributed by atoms with E-state index in [0.717, 1.165) is 57.8 Å². The molecular weight excluding hydrogens is 430 g/mol. The Labute approximate surface area is 192 Å². The molecule has 0 spiro atoms. The fourth-order valence-electron chi connectivity index (χ4n) is 3.74. The topological polar surface area (TPSA) is 45.7 Å². The van der Waals surface area contributed by atoms with Crippen LogP contribution in [0.25, 0.3) is 10.2 Å². The van der Waals surface area contributed by atoms with Crippen LogP contribution in [0.5, 0.6) is 5.75 Å². The molecule has 7 heteroatoms. The minimum atomic E-state index is 0.0732. The SMILES string of the molecule is CCCCCOc1ccc(C(=O)N2CCN(c3nc4c(C)c(Cl)ccc4s3)CC2)cc1. The fourth-order valence-corrected chi connectivity index (χ4v) is 4.97. The summed E-state index contributed by atoms with van der Waals surface area (Å²) in [7, 11) is 0. The van der Waals surface area contributed by atoms with Crippen LogP contribution in [0, 0.1) is 6.92 Å². The van der Waals surface area contributed by atoms with E-state index in [-0.39, 0.29) is 5.91 Å². The Kier molecular flexibility index (Phi) is 6.98. The van der Waals surface area contributed by atoms with Crippen LogP contribution in [0.2, 0.25) is 5.02 Å². The van der Waals surface area contributed by atoms with Crippen LogP contribution in [-0.4, -0.2) is 48.6 Å². The van der Waals surface area contributed by atoms with Crippen LogP contribution in [0.3, 0.4) is 0 Å². The van der Waals surface area contributed by atoms with E-state index in [4.69, 9.17) is 21.3 Å². The summed E-state index contributed by atoms with van der Waals surface area (Å²) in [6, 6.07) is 11.5. The molecule has 0 atom stereocenters. The predicted octanol–water partition coefficient (Wildman–Crippen LogP) is 5.79. The number of aryl methyl sites for hydroxylation is 1. The zero-order chi connectivity index (χ0) is 21.8. The Morgan fingerprint density at radius 2 is 1.84 bits per heavy atom. The molecular formula is C24H28ClN3O2S. The Morgan fingerprint density at radius 3 is 2.55 bits per heavy atom. The first kappa shape index (κ1) is 21.9. The largest absolute Gasteiger partial charge is 0.494 e. The molecule has 2 heterocycles. The highest BCUT2D eigenvalue weighted by molar-refractivity contribution is 7.22. The van der Waals surface area contributed by atoms with Gasteiger partial charge in [0.05, 0.1) is 16.8 Å². The molecule has 0 unspecified atom stereocenters. The summed E-state index contributed by atoms with van der Waals surface area (Å²) in [6.45, 7) is 7.82. The van der Waals surface area contributed by atoms with Crippen molar-refractivity contribution in [1.29, 1.82) is 0 Å². The standard InChI is InChI=1S/C24H28ClN3O2S/c1-3-4-5-16-30-19-8-6-18(7-9-19)23(29)27-12-14-28(15-13-27)24-26-22-17(2)20(25)10-11-21(22)31-24/h6-11H,3-5,12-16H2,1-2H3. The summed E-state index contributed by atoms with van der Waals surface area (Å²) in [5.74, 6) is 0.896. The third kappa shape index (κ3) is 4.96. The first-order valence-corrected chi connectivity index (χ1v) is 12.1.